The highest BCUT2D eigenvalue weighted by Gasteiger charge is 2.17. The second kappa shape index (κ2) is 6.74. The number of carbonyl (C=O) groups excluding carboxylic acids is 2. The first kappa shape index (κ1) is 13.3. The summed E-state index contributed by atoms with van der Waals surface area (Å²) < 4.78 is 0. The normalized spacial score (nSPS) is 12.9. The Balaban J connectivity index is 3.73. The van der Waals surface area contributed by atoms with Crippen LogP contribution in [0.5, 0.6) is 0 Å². The molecule has 0 aliphatic rings. The summed E-state index contributed by atoms with van der Waals surface area (Å²) in [5.41, 5.74) is 0. The van der Waals surface area contributed by atoms with Gasteiger partial charge in [0.2, 0.25) is 0 Å². The summed E-state index contributed by atoms with van der Waals surface area (Å²) in [5.74, 6) is 1.13. The van der Waals surface area contributed by atoms with Gasteiger partial charge in [-0.05, 0) is 32.6 Å². The van der Waals surface area contributed by atoms with Gasteiger partial charge in [0.25, 0.3) is 0 Å². The molecule has 0 aromatic carbocycles. The van der Waals surface area contributed by atoms with Crippen LogP contribution in [0.15, 0.2) is 0 Å². The first-order chi connectivity index (χ1) is 6.45. The fraction of sp³-hybridized carbons (Fsp3) is 0.833. The maximum atomic E-state index is 11.2. The van der Waals surface area contributed by atoms with Crippen molar-refractivity contribution < 1.29 is 9.59 Å². The van der Waals surface area contributed by atoms with E-state index in [-0.39, 0.29) is 17.5 Å². The van der Waals surface area contributed by atoms with Crippen molar-refractivity contribution in [2.24, 2.45) is 11.8 Å². The molecule has 0 saturated carbocycles. The third-order valence-electron chi connectivity index (χ3n) is 2.62. The third kappa shape index (κ3) is 5.90. The van der Waals surface area contributed by atoms with E-state index in [0.717, 1.165) is 19.3 Å². The lowest BCUT2D eigenvalue weighted by Gasteiger charge is -2.17. The highest BCUT2D eigenvalue weighted by atomic mass is 16.1. The fourth-order valence-electron chi connectivity index (χ4n) is 1.74. The van der Waals surface area contributed by atoms with Crippen molar-refractivity contribution in [1.82, 2.24) is 0 Å². The molecule has 14 heavy (non-hydrogen) atoms. The Morgan fingerprint density at radius 1 is 1.07 bits per heavy atom. The summed E-state index contributed by atoms with van der Waals surface area (Å²) >= 11 is 0. The van der Waals surface area contributed by atoms with Crippen LogP contribution in [0.4, 0.5) is 0 Å². The van der Waals surface area contributed by atoms with Gasteiger partial charge >= 0.3 is 0 Å². The SMILES string of the molecule is CC(=O)CCCCC(C(C)=O)C(C)C. The number of Topliss-reactive ketones (excluding diaryl/α,β-unsaturated/α-hetero) is 2. The highest BCUT2D eigenvalue weighted by molar-refractivity contribution is 5.78. The van der Waals surface area contributed by atoms with Crippen molar-refractivity contribution in [2.75, 3.05) is 0 Å². The van der Waals surface area contributed by atoms with Gasteiger partial charge in [0.1, 0.15) is 11.6 Å². The molecule has 0 aliphatic heterocycles. The van der Waals surface area contributed by atoms with E-state index in [4.69, 9.17) is 0 Å². The molecule has 0 aromatic heterocycles. The second-order valence-electron chi connectivity index (χ2n) is 4.41. The van der Waals surface area contributed by atoms with E-state index in [1.165, 1.54) is 0 Å². The Bertz CT molecular complexity index is 194. The zero-order valence-corrected chi connectivity index (χ0v) is 9.80. The van der Waals surface area contributed by atoms with Crippen LogP contribution in [0.3, 0.4) is 0 Å². The van der Waals surface area contributed by atoms with Crippen LogP contribution in [-0.4, -0.2) is 11.6 Å². The lowest BCUT2D eigenvalue weighted by Crippen LogP contribution is -2.17. The van der Waals surface area contributed by atoms with Gasteiger partial charge in [0, 0.05) is 12.3 Å². The van der Waals surface area contributed by atoms with Gasteiger partial charge in [0.05, 0.1) is 0 Å². The third-order valence-corrected chi connectivity index (χ3v) is 2.62. The minimum atomic E-state index is 0.182. The summed E-state index contributed by atoms with van der Waals surface area (Å²) in [6.45, 7) is 7.44. The smallest absolute Gasteiger partial charge is 0.133 e. The topological polar surface area (TPSA) is 34.1 Å². The van der Waals surface area contributed by atoms with Crippen LogP contribution >= 0.6 is 0 Å². The predicted molar refractivity (Wildman–Crippen MR) is 58.2 cm³/mol. The van der Waals surface area contributed by atoms with Crippen LogP contribution in [-0.2, 0) is 9.59 Å². The summed E-state index contributed by atoms with van der Waals surface area (Å²) in [7, 11) is 0. The molecular formula is C12H22O2. The van der Waals surface area contributed by atoms with E-state index in [0.29, 0.717) is 12.3 Å². The van der Waals surface area contributed by atoms with Crippen LogP contribution in [0.1, 0.15) is 53.4 Å². The molecule has 0 aromatic rings. The monoisotopic (exact) mass is 198 g/mol. The van der Waals surface area contributed by atoms with E-state index in [1.807, 2.05) is 0 Å². The number of rotatable bonds is 7. The molecule has 0 rings (SSSR count). The molecule has 0 saturated heterocycles. The first-order valence-corrected chi connectivity index (χ1v) is 5.45. The molecule has 2 heteroatoms. The van der Waals surface area contributed by atoms with E-state index >= 15 is 0 Å². The molecule has 0 aliphatic carbocycles. The Kier molecular flexibility index (Phi) is 6.43. The number of hydrogen-bond acceptors (Lipinski definition) is 2. The molecule has 0 fully saturated rings. The lowest BCUT2D eigenvalue weighted by atomic mass is 9.87. The van der Waals surface area contributed by atoms with Crippen molar-refractivity contribution >= 4 is 11.6 Å². The van der Waals surface area contributed by atoms with Crippen molar-refractivity contribution in [3.8, 4) is 0 Å². The maximum absolute atomic E-state index is 11.2. The Hall–Kier alpha value is -0.660. The van der Waals surface area contributed by atoms with Gasteiger partial charge in [-0.2, -0.15) is 0 Å². The van der Waals surface area contributed by atoms with Crippen molar-refractivity contribution in [2.45, 2.75) is 53.4 Å². The Morgan fingerprint density at radius 3 is 2.00 bits per heavy atom. The number of hydrogen-bond donors (Lipinski definition) is 0. The molecule has 0 amide bonds. The molecule has 0 N–H and O–H groups in total. The molecule has 1 unspecified atom stereocenters. The molecule has 0 heterocycles. The van der Waals surface area contributed by atoms with Crippen molar-refractivity contribution in [3.63, 3.8) is 0 Å². The van der Waals surface area contributed by atoms with Crippen LogP contribution in [0, 0.1) is 11.8 Å². The molecule has 0 radical (unpaired) electrons. The van der Waals surface area contributed by atoms with Gasteiger partial charge in [0.15, 0.2) is 0 Å². The first-order valence-electron chi connectivity index (χ1n) is 5.45. The average molecular weight is 198 g/mol. The molecule has 82 valence electrons. The largest absolute Gasteiger partial charge is 0.300 e. The van der Waals surface area contributed by atoms with Crippen molar-refractivity contribution in [1.29, 1.82) is 0 Å². The summed E-state index contributed by atoms with van der Waals surface area (Å²) in [6, 6.07) is 0. The number of unbranched alkanes of at least 4 members (excludes halogenated alkanes) is 1. The molecule has 0 spiro atoms. The number of carbonyl (C=O) groups is 2. The Morgan fingerprint density at radius 2 is 1.64 bits per heavy atom. The van der Waals surface area contributed by atoms with Crippen LogP contribution < -0.4 is 0 Å². The fourth-order valence-corrected chi connectivity index (χ4v) is 1.74. The molecular weight excluding hydrogens is 176 g/mol. The molecule has 0 bridgehead atoms. The summed E-state index contributed by atoms with van der Waals surface area (Å²) in [5, 5.41) is 0. The quantitative estimate of drug-likeness (QED) is 0.589. The predicted octanol–water partition coefficient (Wildman–Crippen LogP) is 3.00. The maximum Gasteiger partial charge on any atom is 0.133 e. The molecule has 1 atom stereocenters. The van der Waals surface area contributed by atoms with Gasteiger partial charge in [-0.25, -0.2) is 0 Å². The van der Waals surface area contributed by atoms with Crippen LogP contribution in [0.25, 0.3) is 0 Å². The van der Waals surface area contributed by atoms with E-state index in [9.17, 15) is 9.59 Å². The van der Waals surface area contributed by atoms with Gasteiger partial charge in [-0.1, -0.05) is 20.3 Å². The van der Waals surface area contributed by atoms with E-state index in [1.54, 1.807) is 13.8 Å². The minimum Gasteiger partial charge on any atom is -0.300 e. The standard InChI is InChI=1S/C12H22O2/c1-9(2)12(11(4)14)8-6-5-7-10(3)13/h9,12H,5-8H2,1-4H3. The Labute approximate surface area is 87.1 Å². The van der Waals surface area contributed by atoms with Gasteiger partial charge < -0.3 is 4.79 Å². The second-order valence-corrected chi connectivity index (χ2v) is 4.41. The average Bonchev–Trinajstić information content (AvgIpc) is 2.01. The molecule has 2 nitrogen and oxygen atoms in total. The number of ketones is 2. The van der Waals surface area contributed by atoms with Crippen LogP contribution in [0.2, 0.25) is 0 Å². The highest BCUT2D eigenvalue weighted by Crippen LogP contribution is 2.19. The summed E-state index contributed by atoms with van der Waals surface area (Å²) in [6.07, 6.45) is 3.50. The van der Waals surface area contributed by atoms with Gasteiger partial charge in [-0.15, -0.1) is 0 Å². The van der Waals surface area contributed by atoms with E-state index < -0.39 is 0 Å². The lowest BCUT2D eigenvalue weighted by molar-refractivity contribution is -0.122. The summed E-state index contributed by atoms with van der Waals surface area (Å²) in [4.78, 5) is 21.9. The zero-order valence-electron chi connectivity index (χ0n) is 9.80. The van der Waals surface area contributed by atoms with Gasteiger partial charge in [-0.3, -0.25) is 4.79 Å². The van der Waals surface area contributed by atoms with E-state index in [2.05, 4.69) is 13.8 Å². The zero-order chi connectivity index (χ0) is 11.1. The van der Waals surface area contributed by atoms with Crippen molar-refractivity contribution in [3.05, 3.63) is 0 Å². The minimum absolute atomic E-state index is 0.182.